The Morgan fingerprint density at radius 1 is 1.03 bits per heavy atom. The molecule has 5 aromatic rings. The average Bonchev–Trinajstić information content (AvgIpc) is 3.38. The molecule has 31 heavy (non-hydrogen) atoms. The number of hydrogen-bond donors (Lipinski definition) is 1. The van der Waals surface area contributed by atoms with Gasteiger partial charge < -0.3 is 5.73 Å². The van der Waals surface area contributed by atoms with E-state index < -0.39 is 9.84 Å². The number of rotatable bonds is 4. The van der Waals surface area contributed by atoms with Gasteiger partial charge in [0.1, 0.15) is 20.4 Å². The maximum absolute atomic E-state index is 13.4. The minimum absolute atomic E-state index is 0.0254. The molecule has 0 saturated carbocycles. The van der Waals surface area contributed by atoms with Crippen molar-refractivity contribution < 1.29 is 8.42 Å². The van der Waals surface area contributed by atoms with E-state index in [0.717, 1.165) is 22.5 Å². The molecule has 3 heterocycles. The maximum Gasteiger partial charge on any atom is 0.221 e. The molecule has 0 unspecified atom stereocenters. The summed E-state index contributed by atoms with van der Waals surface area (Å²) in [7, 11) is -3.89. The zero-order chi connectivity index (χ0) is 21.6. The summed E-state index contributed by atoms with van der Waals surface area (Å²) in [6.07, 6.45) is 1.63. The van der Waals surface area contributed by atoms with Crippen molar-refractivity contribution in [2.45, 2.75) is 16.0 Å². The van der Waals surface area contributed by atoms with E-state index in [1.54, 1.807) is 29.8 Å². The van der Waals surface area contributed by atoms with E-state index in [2.05, 4.69) is 15.1 Å². The van der Waals surface area contributed by atoms with Crippen LogP contribution in [0.2, 0.25) is 0 Å². The van der Waals surface area contributed by atoms with Crippen LogP contribution in [0.5, 0.6) is 0 Å². The van der Waals surface area contributed by atoms with E-state index in [-0.39, 0.29) is 26.1 Å². The SMILES string of the molecule is Cc1cccc(/C=N/n2c(N)c(S(=O)(=O)c3cccs3)c3nc4ccccc4nc32)c1. The molecular weight excluding hydrogens is 430 g/mol. The first-order chi connectivity index (χ1) is 14.9. The molecule has 9 heteroatoms. The van der Waals surface area contributed by atoms with Crippen LogP contribution in [0.25, 0.3) is 22.2 Å². The van der Waals surface area contributed by atoms with E-state index >= 15 is 0 Å². The highest BCUT2D eigenvalue weighted by Gasteiger charge is 2.31. The number of sulfone groups is 1. The highest BCUT2D eigenvalue weighted by atomic mass is 32.2. The van der Waals surface area contributed by atoms with Crippen molar-refractivity contribution in [1.29, 1.82) is 0 Å². The van der Waals surface area contributed by atoms with Crippen LogP contribution >= 0.6 is 11.3 Å². The average molecular weight is 448 g/mol. The lowest BCUT2D eigenvalue weighted by molar-refractivity contribution is 0.599. The van der Waals surface area contributed by atoms with Crippen LogP contribution in [0.1, 0.15) is 11.1 Å². The van der Waals surface area contributed by atoms with Crippen molar-refractivity contribution in [3.8, 4) is 0 Å². The minimum atomic E-state index is -3.89. The van der Waals surface area contributed by atoms with Crippen LogP contribution in [0.3, 0.4) is 0 Å². The van der Waals surface area contributed by atoms with Gasteiger partial charge in [-0.25, -0.2) is 18.4 Å². The molecular formula is C22H17N5O2S2. The highest BCUT2D eigenvalue weighted by Crippen LogP contribution is 2.36. The summed E-state index contributed by atoms with van der Waals surface area (Å²) in [5.41, 5.74) is 10.00. The maximum atomic E-state index is 13.4. The molecule has 0 aliphatic heterocycles. The third-order valence-corrected chi connectivity index (χ3v) is 8.04. The summed E-state index contributed by atoms with van der Waals surface area (Å²) in [4.78, 5) is 9.14. The first-order valence-corrected chi connectivity index (χ1v) is 11.8. The molecule has 5 rings (SSSR count). The molecule has 0 amide bonds. The molecule has 7 nitrogen and oxygen atoms in total. The second kappa shape index (κ2) is 7.29. The second-order valence-electron chi connectivity index (χ2n) is 7.00. The number of nitrogens with zero attached hydrogens (tertiary/aromatic N) is 4. The molecule has 2 aromatic carbocycles. The third kappa shape index (κ3) is 3.28. The summed E-state index contributed by atoms with van der Waals surface area (Å²) in [5, 5.41) is 6.18. The Labute approximate surface area is 182 Å². The van der Waals surface area contributed by atoms with E-state index in [4.69, 9.17) is 5.73 Å². The summed E-state index contributed by atoms with van der Waals surface area (Å²) in [6, 6.07) is 18.3. The lowest BCUT2D eigenvalue weighted by atomic mass is 10.2. The Kier molecular flexibility index (Phi) is 4.57. The number of aryl methyl sites for hydroxylation is 1. The Hall–Kier alpha value is -3.56. The molecule has 0 atom stereocenters. The topological polar surface area (TPSA) is 103 Å². The first-order valence-electron chi connectivity index (χ1n) is 9.41. The quantitative estimate of drug-likeness (QED) is 0.415. The molecule has 0 radical (unpaired) electrons. The number of fused-ring (bicyclic) bond motifs is 2. The normalized spacial score (nSPS) is 12.3. The lowest BCUT2D eigenvalue weighted by Gasteiger charge is -2.02. The number of nitrogen functional groups attached to an aromatic ring is 1. The minimum Gasteiger partial charge on any atom is -0.382 e. The van der Waals surface area contributed by atoms with Gasteiger partial charge in [0.2, 0.25) is 9.84 Å². The van der Waals surface area contributed by atoms with Gasteiger partial charge in [0, 0.05) is 0 Å². The fraction of sp³-hybridized carbons (Fsp3) is 0.0455. The van der Waals surface area contributed by atoms with Gasteiger partial charge in [-0.3, -0.25) is 0 Å². The van der Waals surface area contributed by atoms with E-state index in [1.165, 1.54) is 4.68 Å². The molecule has 0 aliphatic carbocycles. The summed E-state index contributed by atoms with van der Waals surface area (Å²) < 4.78 is 28.3. The number of nitrogens with two attached hydrogens (primary N) is 1. The Morgan fingerprint density at radius 2 is 1.81 bits per heavy atom. The van der Waals surface area contributed by atoms with E-state index in [1.807, 2.05) is 49.4 Å². The van der Waals surface area contributed by atoms with Crippen molar-refractivity contribution in [3.05, 3.63) is 77.2 Å². The van der Waals surface area contributed by atoms with Crippen molar-refractivity contribution in [3.63, 3.8) is 0 Å². The largest absolute Gasteiger partial charge is 0.382 e. The molecule has 0 fully saturated rings. The van der Waals surface area contributed by atoms with Gasteiger partial charge in [-0.2, -0.15) is 9.78 Å². The van der Waals surface area contributed by atoms with Crippen molar-refractivity contribution in [1.82, 2.24) is 14.6 Å². The number of thiophene rings is 1. The van der Waals surface area contributed by atoms with Crippen molar-refractivity contribution in [2.75, 3.05) is 5.73 Å². The fourth-order valence-electron chi connectivity index (χ4n) is 3.40. The Bertz CT molecular complexity index is 1570. The molecule has 0 spiro atoms. The van der Waals surface area contributed by atoms with Gasteiger partial charge in [0.25, 0.3) is 0 Å². The molecule has 2 N–H and O–H groups in total. The standard InChI is InChI=1S/C22H17N5O2S2/c1-14-6-4-7-15(12-14)13-24-27-21(23)20(31(28,29)18-10-5-11-30-18)19-22(27)26-17-9-3-2-8-16(17)25-19/h2-13H,23H2,1H3/b24-13+. The van der Waals surface area contributed by atoms with Crippen LogP contribution in [-0.2, 0) is 9.84 Å². The number of para-hydroxylation sites is 2. The molecule has 3 aromatic heterocycles. The third-order valence-electron chi connectivity index (χ3n) is 4.82. The number of aromatic nitrogens is 3. The highest BCUT2D eigenvalue weighted by molar-refractivity contribution is 7.93. The molecule has 154 valence electrons. The summed E-state index contributed by atoms with van der Waals surface area (Å²) >= 11 is 1.13. The van der Waals surface area contributed by atoms with Gasteiger partial charge in [-0.1, -0.05) is 48.0 Å². The second-order valence-corrected chi connectivity index (χ2v) is 10.1. The van der Waals surface area contributed by atoms with Gasteiger partial charge in [-0.05, 0) is 36.1 Å². The fourth-order valence-corrected chi connectivity index (χ4v) is 5.98. The predicted molar refractivity (Wildman–Crippen MR) is 123 cm³/mol. The van der Waals surface area contributed by atoms with Gasteiger partial charge in [-0.15, -0.1) is 11.3 Å². The predicted octanol–water partition coefficient (Wildman–Crippen LogP) is 4.25. The Balaban J connectivity index is 1.81. The monoisotopic (exact) mass is 447 g/mol. The zero-order valence-corrected chi connectivity index (χ0v) is 18.1. The first kappa shape index (κ1) is 19.4. The van der Waals surface area contributed by atoms with Gasteiger partial charge in [0.05, 0.1) is 17.2 Å². The summed E-state index contributed by atoms with van der Waals surface area (Å²) in [5.74, 6) is -0.0254. The van der Waals surface area contributed by atoms with Crippen molar-refractivity contribution in [2.24, 2.45) is 5.10 Å². The number of hydrogen-bond acceptors (Lipinski definition) is 7. The smallest absolute Gasteiger partial charge is 0.221 e. The van der Waals surface area contributed by atoms with Gasteiger partial charge >= 0.3 is 0 Å². The summed E-state index contributed by atoms with van der Waals surface area (Å²) in [6.45, 7) is 1.99. The van der Waals surface area contributed by atoms with Crippen molar-refractivity contribution >= 4 is 55.4 Å². The number of benzene rings is 2. The van der Waals surface area contributed by atoms with E-state index in [9.17, 15) is 8.42 Å². The van der Waals surface area contributed by atoms with Crippen LogP contribution < -0.4 is 5.73 Å². The molecule has 0 aliphatic rings. The zero-order valence-electron chi connectivity index (χ0n) is 16.4. The van der Waals surface area contributed by atoms with Crippen LogP contribution in [0.15, 0.2) is 80.2 Å². The van der Waals surface area contributed by atoms with Gasteiger partial charge in [0.15, 0.2) is 5.65 Å². The molecule has 0 saturated heterocycles. The van der Waals surface area contributed by atoms with Crippen LogP contribution in [0.4, 0.5) is 5.82 Å². The Morgan fingerprint density at radius 3 is 2.52 bits per heavy atom. The number of anilines is 1. The molecule has 0 bridgehead atoms. The van der Waals surface area contributed by atoms with E-state index in [0.29, 0.717) is 11.0 Å². The van der Waals surface area contributed by atoms with Crippen LogP contribution in [0, 0.1) is 6.92 Å². The lowest BCUT2D eigenvalue weighted by Crippen LogP contribution is -2.05. The van der Waals surface area contributed by atoms with Crippen LogP contribution in [-0.4, -0.2) is 29.3 Å².